The van der Waals surface area contributed by atoms with Gasteiger partial charge >= 0.3 is 0 Å². The largest absolute Gasteiger partial charge is 0.305 e. The van der Waals surface area contributed by atoms with Crippen LogP contribution >= 0.6 is 0 Å². The highest BCUT2D eigenvalue weighted by molar-refractivity contribution is 5.40. The number of nitrogens with one attached hydrogen (secondary N) is 1. The van der Waals surface area contributed by atoms with Gasteiger partial charge in [0.25, 0.3) is 0 Å². The first-order chi connectivity index (χ1) is 9.69. The number of benzene rings is 1. The smallest absolute Gasteiger partial charge is 0.0753 e. The molecule has 1 aromatic carbocycles. The summed E-state index contributed by atoms with van der Waals surface area (Å²) in [6.45, 7) is 10.6. The van der Waals surface area contributed by atoms with Crippen LogP contribution in [0.1, 0.15) is 48.7 Å². The third-order valence-electron chi connectivity index (χ3n) is 3.77. The van der Waals surface area contributed by atoms with Crippen molar-refractivity contribution in [1.82, 2.24) is 15.1 Å². The number of aromatic nitrogens is 2. The Morgan fingerprint density at radius 2 is 1.85 bits per heavy atom. The van der Waals surface area contributed by atoms with E-state index in [2.05, 4.69) is 67.1 Å². The lowest BCUT2D eigenvalue weighted by Gasteiger charge is -2.23. The Balaban J connectivity index is 2.47. The van der Waals surface area contributed by atoms with Gasteiger partial charge in [0.15, 0.2) is 0 Å². The quantitative estimate of drug-likeness (QED) is 0.870. The third-order valence-corrected chi connectivity index (χ3v) is 3.77. The highest BCUT2D eigenvalue weighted by Gasteiger charge is 2.20. The van der Waals surface area contributed by atoms with Gasteiger partial charge in [-0.05, 0) is 56.5 Å². The second-order valence-corrected chi connectivity index (χ2v) is 5.26. The first-order valence-electron chi connectivity index (χ1n) is 7.50. The van der Waals surface area contributed by atoms with Gasteiger partial charge in [0.2, 0.25) is 0 Å². The topological polar surface area (TPSA) is 29.9 Å². The van der Waals surface area contributed by atoms with Gasteiger partial charge < -0.3 is 5.32 Å². The predicted molar refractivity (Wildman–Crippen MR) is 84.0 cm³/mol. The predicted octanol–water partition coefficient (Wildman–Crippen LogP) is 3.61. The zero-order chi connectivity index (χ0) is 14.5. The Kier molecular flexibility index (Phi) is 4.96. The van der Waals surface area contributed by atoms with Crippen LogP contribution in [0.5, 0.6) is 0 Å². The number of hydrogen-bond acceptors (Lipinski definition) is 2. The van der Waals surface area contributed by atoms with Crippen LogP contribution in [0.3, 0.4) is 0 Å². The molecule has 2 aromatic rings. The SMILES string of the molecule is CCCNC(c1c(C)cccc1C)c1ccnn1CC. The monoisotopic (exact) mass is 271 g/mol. The van der Waals surface area contributed by atoms with Crippen LogP contribution in [0.25, 0.3) is 0 Å². The van der Waals surface area contributed by atoms with Crippen molar-refractivity contribution in [3.8, 4) is 0 Å². The summed E-state index contributed by atoms with van der Waals surface area (Å²) >= 11 is 0. The number of hydrogen-bond donors (Lipinski definition) is 1. The van der Waals surface area contributed by atoms with E-state index < -0.39 is 0 Å². The summed E-state index contributed by atoms with van der Waals surface area (Å²) in [6.07, 6.45) is 3.02. The highest BCUT2D eigenvalue weighted by Crippen LogP contribution is 2.27. The van der Waals surface area contributed by atoms with Gasteiger partial charge in [0, 0.05) is 12.7 Å². The number of aryl methyl sites for hydroxylation is 3. The lowest BCUT2D eigenvalue weighted by Crippen LogP contribution is -2.27. The Morgan fingerprint density at radius 3 is 2.45 bits per heavy atom. The molecule has 1 atom stereocenters. The van der Waals surface area contributed by atoms with Crippen LogP contribution in [-0.4, -0.2) is 16.3 Å². The maximum absolute atomic E-state index is 4.43. The first kappa shape index (κ1) is 14.8. The fraction of sp³-hybridized carbons (Fsp3) is 0.471. The molecule has 0 radical (unpaired) electrons. The summed E-state index contributed by atoms with van der Waals surface area (Å²) in [5.74, 6) is 0. The Hall–Kier alpha value is -1.61. The van der Waals surface area contributed by atoms with Crippen molar-refractivity contribution in [2.24, 2.45) is 0 Å². The minimum Gasteiger partial charge on any atom is -0.305 e. The van der Waals surface area contributed by atoms with Crippen LogP contribution in [0.4, 0.5) is 0 Å². The van der Waals surface area contributed by atoms with Gasteiger partial charge in [-0.1, -0.05) is 25.1 Å². The fourth-order valence-electron chi connectivity index (χ4n) is 2.78. The summed E-state index contributed by atoms with van der Waals surface area (Å²) < 4.78 is 2.08. The van der Waals surface area contributed by atoms with Crippen LogP contribution in [0.15, 0.2) is 30.5 Å². The second-order valence-electron chi connectivity index (χ2n) is 5.26. The van der Waals surface area contributed by atoms with E-state index >= 15 is 0 Å². The minimum atomic E-state index is 0.221. The lowest BCUT2D eigenvalue weighted by atomic mass is 9.94. The van der Waals surface area contributed by atoms with Crippen LogP contribution in [0.2, 0.25) is 0 Å². The molecular formula is C17H25N3. The molecule has 20 heavy (non-hydrogen) atoms. The molecule has 1 heterocycles. The molecule has 0 fully saturated rings. The van der Waals surface area contributed by atoms with Crippen LogP contribution in [-0.2, 0) is 6.54 Å². The van der Waals surface area contributed by atoms with Gasteiger partial charge in [0.05, 0.1) is 11.7 Å². The van der Waals surface area contributed by atoms with Crippen molar-refractivity contribution in [2.45, 2.75) is 46.7 Å². The van der Waals surface area contributed by atoms with Crippen molar-refractivity contribution in [1.29, 1.82) is 0 Å². The molecule has 0 amide bonds. The van der Waals surface area contributed by atoms with E-state index in [0.717, 1.165) is 19.5 Å². The molecule has 1 aromatic heterocycles. The van der Waals surface area contributed by atoms with E-state index in [-0.39, 0.29) is 6.04 Å². The Morgan fingerprint density at radius 1 is 1.15 bits per heavy atom. The number of rotatable bonds is 6. The van der Waals surface area contributed by atoms with Crippen molar-refractivity contribution in [3.63, 3.8) is 0 Å². The molecule has 0 saturated heterocycles. The molecule has 3 nitrogen and oxygen atoms in total. The van der Waals surface area contributed by atoms with E-state index in [1.807, 2.05) is 6.20 Å². The summed E-state index contributed by atoms with van der Waals surface area (Å²) in [7, 11) is 0. The summed E-state index contributed by atoms with van der Waals surface area (Å²) in [6, 6.07) is 8.86. The van der Waals surface area contributed by atoms with Gasteiger partial charge in [-0.3, -0.25) is 4.68 Å². The van der Waals surface area contributed by atoms with E-state index in [0.29, 0.717) is 0 Å². The molecule has 0 aliphatic heterocycles. The molecule has 3 heteroatoms. The fourth-order valence-corrected chi connectivity index (χ4v) is 2.78. The summed E-state index contributed by atoms with van der Waals surface area (Å²) in [5, 5.41) is 8.11. The normalized spacial score (nSPS) is 12.6. The van der Waals surface area contributed by atoms with Crippen LogP contribution in [0, 0.1) is 13.8 Å². The van der Waals surface area contributed by atoms with Gasteiger partial charge in [-0.25, -0.2) is 0 Å². The molecule has 0 bridgehead atoms. The average Bonchev–Trinajstić information content (AvgIpc) is 2.90. The van der Waals surface area contributed by atoms with Gasteiger partial charge in [0.1, 0.15) is 0 Å². The first-order valence-corrected chi connectivity index (χ1v) is 7.50. The highest BCUT2D eigenvalue weighted by atomic mass is 15.3. The summed E-state index contributed by atoms with van der Waals surface area (Å²) in [4.78, 5) is 0. The van der Waals surface area contributed by atoms with E-state index in [1.165, 1.54) is 22.4 Å². The average molecular weight is 271 g/mol. The zero-order valence-electron chi connectivity index (χ0n) is 13.0. The zero-order valence-corrected chi connectivity index (χ0v) is 13.0. The standard InChI is InChI=1S/C17H25N3/c1-5-11-18-17(15-10-12-19-20(15)6-2)16-13(3)8-7-9-14(16)4/h7-10,12,17-18H,5-6,11H2,1-4H3. The van der Waals surface area contributed by atoms with Crippen molar-refractivity contribution in [3.05, 3.63) is 52.8 Å². The Bertz CT molecular complexity index is 537. The molecule has 2 rings (SSSR count). The maximum Gasteiger partial charge on any atom is 0.0753 e. The third kappa shape index (κ3) is 2.93. The van der Waals surface area contributed by atoms with Gasteiger partial charge in [-0.15, -0.1) is 0 Å². The summed E-state index contributed by atoms with van der Waals surface area (Å²) in [5.41, 5.74) is 5.31. The molecular weight excluding hydrogens is 246 g/mol. The Labute approximate surface area is 122 Å². The molecule has 0 spiro atoms. The van der Waals surface area contributed by atoms with Crippen LogP contribution < -0.4 is 5.32 Å². The lowest BCUT2D eigenvalue weighted by molar-refractivity contribution is 0.527. The van der Waals surface area contributed by atoms with E-state index in [1.54, 1.807) is 0 Å². The maximum atomic E-state index is 4.43. The molecule has 0 saturated carbocycles. The molecule has 108 valence electrons. The van der Waals surface area contributed by atoms with Crippen molar-refractivity contribution >= 4 is 0 Å². The van der Waals surface area contributed by atoms with E-state index in [4.69, 9.17) is 0 Å². The van der Waals surface area contributed by atoms with E-state index in [9.17, 15) is 0 Å². The molecule has 0 aliphatic rings. The molecule has 1 N–H and O–H groups in total. The molecule has 1 unspecified atom stereocenters. The van der Waals surface area contributed by atoms with Gasteiger partial charge in [-0.2, -0.15) is 5.10 Å². The number of nitrogens with zero attached hydrogens (tertiary/aromatic N) is 2. The minimum absolute atomic E-state index is 0.221. The van der Waals surface area contributed by atoms with Crippen molar-refractivity contribution < 1.29 is 0 Å². The van der Waals surface area contributed by atoms with Crippen molar-refractivity contribution in [2.75, 3.05) is 6.54 Å². The second kappa shape index (κ2) is 6.71. The molecule has 0 aliphatic carbocycles.